The second kappa shape index (κ2) is 5.53. The normalized spacial score (nSPS) is 25.5. The van der Waals surface area contributed by atoms with Gasteiger partial charge in [-0.2, -0.15) is 0 Å². The van der Waals surface area contributed by atoms with Crippen molar-refractivity contribution in [1.29, 1.82) is 0 Å². The summed E-state index contributed by atoms with van der Waals surface area (Å²) in [5.41, 5.74) is 0.731. The van der Waals surface area contributed by atoms with E-state index in [0.29, 0.717) is 25.9 Å². The van der Waals surface area contributed by atoms with Crippen molar-refractivity contribution in [2.24, 2.45) is 5.41 Å². The number of amides is 2. The Bertz CT molecular complexity index is 643. The molecule has 2 fully saturated rings. The van der Waals surface area contributed by atoms with Gasteiger partial charge in [-0.1, -0.05) is 12.1 Å². The molecule has 2 amide bonds. The van der Waals surface area contributed by atoms with Crippen molar-refractivity contribution >= 4 is 17.8 Å². The van der Waals surface area contributed by atoms with Crippen LogP contribution in [0.3, 0.4) is 0 Å². The second-order valence-electron chi connectivity index (χ2n) is 6.12. The molecular formula is C16H18N2O4. The van der Waals surface area contributed by atoms with Crippen molar-refractivity contribution in [3.63, 3.8) is 0 Å². The van der Waals surface area contributed by atoms with E-state index in [4.69, 9.17) is 5.11 Å². The number of likely N-dealkylation sites (tertiary alicyclic amines) is 1. The number of aromatic carboxylic acids is 1. The SMILES string of the molecule is O=C1CCC2(CCN(Cc3cccc(C(=O)O)c3)C2)C(=O)N1. The van der Waals surface area contributed by atoms with Gasteiger partial charge in [-0.15, -0.1) is 0 Å². The van der Waals surface area contributed by atoms with Gasteiger partial charge in [-0.25, -0.2) is 4.79 Å². The number of carbonyl (C=O) groups is 3. The van der Waals surface area contributed by atoms with Crippen LogP contribution in [0.15, 0.2) is 24.3 Å². The van der Waals surface area contributed by atoms with Crippen LogP contribution in [-0.4, -0.2) is 40.9 Å². The maximum absolute atomic E-state index is 12.1. The van der Waals surface area contributed by atoms with E-state index in [1.165, 1.54) is 0 Å². The predicted octanol–water partition coefficient (Wildman–Crippen LogP) is 1.01. The zero-order valence-corrected chi connectivity index (χ0v) is 12.2. The molecule has 6 nitrogen and oxygen atoms in total. The molecule has 0 aromatic heterocycles. The second-order valence-corrected chi connectivity index (χ2v) is 6.12. The first kappa shape index (κ1) is 14.7. The highest BCUT2D eigenvalue weighted by Gasteiger charge is 2.47. The van der Waals surface area contributed by atoms with Crippen LogP contribution in [0.4, 0.5) is 0 Å². The Morgan fingerprint density at radius 1 is 1.32 bits per heavy atom. The number of nitrogens with one attached hydrogen (secondary N) is 1. The molecule has 1 spiro atoms. The van der Waals surface area contributed by atoms with Gasteiger partial charge in [0.15, 0.2) is 0 Å². The van der Waals surface area contributed by atoms with Crippen LogP contribution >= 0.6 is 0 Å². The van der Waals surface area contributed by atoms with Gasteiger partial charge in [0.25, 0.3) is 0 Å². The lowest BCUT2D eigenvalue weighted by molar-refractivity contribution is -0.141. The largest absolute Gasteiger partial charge is 0.478 e. The predicted molar refractivity (Wildman–Crippen MR) is 78.1 cm³/mol. The van der Waals surface area contributed by atoms with Gasteiger partial charge in [0.1, 0.15) is 0 Å². The molecule has 2 aliphatic rings. The average Bonchev–Trinajstić information content (AvgIpc) is 2.88. The molecule has 2 N–H and O–H groups in total. The topological polar surface area (TPSA) is 86.7 Å². The highest BCUT2D eigenvalue weighted by atomic mass is 16.4. The van der Waals surface area contributed by atoms with E-state index < -0.39 is 11.4 Å². The summed E-state index contributed by atoms with van der Waals surface area (Å²) in [4.78, 5) is 36.6. The van der Waals surface area contributed by atoms with Crippen LogP contribution in [0.2, 0.25) is 0 Å². The van der Waals surface area contributed by atoms with E-state index >= 15 is 0 Å². The maximum Gasteiger partial charge on any atom is 0.335 e. The molecule has 1 unspecified atom stereocenters. The fraction of sp³-hybridized carbons (Fsp3) is 0.438. The van der Waals surface area contributed by atoms with Crippen molar-refractivity contribution in [2.45, 2.75) is 25.8 Å². The first-order valence-corrected chi connectivity index (χ1v) is 7.37. The lowest BCUT2D eigenvalue weighted by atomic mass is 9.79. The summed E-state index contributed by atoms with van der Waals surface area (Å²) in [5, 5.41) is 11.5. The third kappa shape index (κ3) is 2.74. The van der Waals surface area contributed by atoms with E-state index in [0.717, 1.165) is 18.5 Å². The van der Waals surface area contributed by atoms with Gasteiger partial charge in [-0.05, 0) is 37.1 Å². The fourth-order valence-corrected chi connectivity index (χ4v) is 3.33. The monoisotopic (exact) mass is 302 g/mol. The highest BCUT2D eigenvalue weighted by molar-refractivity contribution is 6.00. The van der Waals surface area contributed by atoms with Crippen molar-refractivity contribution in [2.75, 3.05) is 13.1 Å². The number of benzene rings is 1. The molecule has 6 heteroatoms. The van der Waals surface area contributed by atoms with E-state index in [9.17, 15) is 14.4 Å². The molecule has 116 valence electrons. The summed E-state index contributed by atoms with van der Waals surface area (Å²) >= 11 is 0. The molecule has 0 radical (unpaired) electrons. The first-order chi connectivity index (χ1) is 10.5. The summed E-state index contributed by atoms with van der Waals surface area (Å²) < 4.78 is 0. The van der Waals surface area contributed by atoms with Crippen LogP contribution in [0.25, 0.3) is 0 Å². The summed E-state index contributed by atoms with van der Waals surface area (Å²) in [6, 6.07) is 6.85. The Kier molecular flexibility index (Phi) is 3.70. The summed E-state index contributed by atoms with van der Waals surface area (Å²) in [7, 11) is 0. The molecule has 22 heavy (non-hydrogen) atoms. The quantitative estimate of drug-likeness (QED) is 0.814. The minimum atomic E-state index is -0.940. The number of piperidine rings is 1. The van der Waals surface area contributed by atoms with Crippen LogP contribution in [0.5, 0.6) is 0 Å². The smallest absolute Gasteiger partial charge is 0.335 e. The van der Waals surface area contributed by atoms with Crippen molar-refractivity contribution in [3.8, 4) is 0 Å². The Balaban J connectivity index is 1.68. The molecule has 1 atom stereocenters. The molecule has 1 aromatic carbocycles. The number of carboxylic acid groups (broad SMARTS) is 1. The van der Waals surface area contributed by atoms with Gasteiger partial charge in [0.05, 0.1) is 11.0 Å². The molecule has 2 heterocycles. The molecule has 1 aromatic rings. The van der Waals surface area contributed by atoms with E-state index in [-0.39, 0.29) is 17.4 Å². The lowest BCUT2D eigenvalue weighted by Crippen LogP contribution is -2.49. The third-order valence-electron chi connectivity index (χ3n) is 4.58. The molecule has 3 rings (SSSR count). The maximum atomic E-state index is 12.1. The van der Waals surface area contributed by atoms with Gasteiger partial charge in [0, 0.05) is 19.5 Å². The van der Waals surface area contributed by atoms with Crippen LogP contribution in [0, 0.1) is 5.41 Å². The minimum absolute atomic E-state index is 0.162. The number of hydrogen-bond donors (Lipinski definition) is 2. The number of carboxylic acids is 1. The van der Waals surface area contributed by atoms with Crippen LogP contribution < -0.4 is 5.32 Å². The van der Waals surface area contributed by atoms with Crippen molar-refractivity contribution in [3.05, 3.63) is 35.4 Å². The molecule has 2 aliphatic heterocycles. The number of rotatable bonds is 3. The van der Waals surface area contributed by atoms with Crippen LogP contribution in [0.1, 0.15) is 35.2 Å². The van der Waals surface area contributed by atoms with Crippen molar-refractivity contribution < 1.29 is 19.5 Å². The van der Waals surface area contributed by atoms with Gasteiger partial charge >= 0.3 is 5.97 Å². The van der Waals surface area contributed by atoms with E-state index in [1.807, 2.05) is 6.07 Å². The van der Waals surface area contributed by atoms with E-state index in [1.54, 1.807) is 18.2 Å². The van der Waals surface area contributed by atoms with Gasteiger partial charge in [-0.3, -0.25) is 19.8 Å². The van der Waals surface area contributed by atoms with Crippen LogP contribution in [-0.2, 0) is 16.1 Å². The molecular weight excluding hydrogens is 284 g/mol. The summed E-state index contributed by atoms with van der Waals surface area (Å²) in [6.07, 6.45) is 1.74. The van der Waals surface area contributed by atoms with Gasteiger partial charge in [0.2, 0.25) is 11.8 Å². The Morgan fingerprint density at radius 2 is 2.14 bits per heavy atom. The highest BCUT2D eigenvalue weighted by Crippen LogP contribution is 2.38. The number of carbonyl (C=O) groups excluding carboxylic acids is 2. The average molecular weight is 302 g/mol. The first-order valence-electron chi connectivity index (χ1n) is 7.37. The third-order valence-corrected chi connectivity index (χ3v) is 4.58. The fourth-order valence-electron chi connectivity index (χ4n) is 3.33. The number of hydrogen-bond acceptors (Lipinski definition) is 4. The summed E-state index contributed by atoms with van der Waals surface area (Å²) in [6.45, 7) is 2.01. The van der Waals surface area contributed by atoms with Crippen molar-refractivity contribution in [1.82, 2.24) is 10.2 Å². The lowest BCUT2D eigenvalue weighted by Gasteiger charge is -2.31. The minimum Gasteiger partial charge on any atom is -0.478 e. The molecule has 0 bridgehead atoms. The molecule has 2 saturated heterocycles. The molecule has 0 saturated carbocycles. The standard InChI is InChI=1S/C16H18N2O4/c19-13-4-5-16(15(22)17-13)6-7-18(10-16)9-11-2-1-3-12(8-11)14(20)21/h1-3,8H,4-7,9-10H2,(H,20,21)(H,17,19,22). The number of nitrogens with zero attached hydrogens (tertiary/aromatic N) is 1. The molecule has 0 aliphatic carbocycles. The number of imide groups is 1. The zero-order chi connectivity index (χ0) is 15.7. The zero-order valence-electron chi connectivity index (χ0n) is 12.2. The Labute approximate surface area is 128 Å². The van der Waals surface area contributed by atoms with Gasteiger partial charge < -0.3 is 5.11 Å². The van der Waals surface area contributed by atoms with E-state index in [2.05, 4.69) is 10.2 Å². The summed E-state index contributed by atoms with van der Waals surface area (Å²) in [5.74, 6) is -1.29. The Morgan fingerprint density at radius 3 is 2.86 bits per heavy atom. The Hall–Kier alpha value is -2.21.